The molecule has 0 aliphatic rings. The fourth-order valence-electron chi connectivity index (χ4n) is 3.37. The third-order valence-corrected chi connectivity index (χ3v) is 6.02. The van der Waals surface area contributed by atoms with Crippen molar-refractivity contribution in [1.29, 1.82) is 0 Å². The molecule has 9 heteroatoms. The zero-order valence-electron chi connectivity index (χ0n) is 17.5. The van der Waals surface area contributed by atoms with E-state index in [2.05, 4.69) is 5.32 Å². The van der Waals surface area contributed by atoms with Crippen molar-refractivity contribution >= 4 is 45.8 Å². The maximum absolute atomic E-state index is 13.3. The number of carbonyl (C=O) groups excluding carboxylic acids is 1. The maximum atomic E-state index is 13.3. The third-order valence-electron chi connectivity index (χ3n) is 4.99. The molecule has 0 saturated heterocycles. The summed E-state index contributed by atoms with van der Waals surface area (Å²) < 4.78 is 36.0. The van der Waals surface area contributed by atoms with Gasteiger partial charge in [0.25, 0.3) is 17.2 Å². The number of anilines is 3. The van der Waals surface area contributed by atoms with Gasteiger partial charge in [-0.05, 0) is 60.2 Å². The smallest absolute Gasteiger partial charge is 0.266 e. The summed E-state index contributed by atoms with van der Waals surface area (Å²) in [6.45, 7) is 0. The van der Waals surface area contributed by atoms with Crippen LogP contribution in [0.1, 0.15) is 10.4 Å². The van der Waals surface area contributed by atoms with Gasteiger partial charge in [0, 0.05) is 21.8 Å². The Labute approximate surface area is 202 Å². The molecule has 4 rings (SSSR count). The summed E-state index contributed by atoms with van der Waals surface area (Å²) in [5, 5.41) is 13.4. The van der Waals surface area contributed by atoms with E-state index in [0.717, 1.165) is 27.6 Å². The molecule has 0 aromatic heterocycles. The minimum absolute atomic E-state index is 0.0531. The van der Waals surface area contributed by atoms with Gasteiger partial charge < -0.3 is 10.4 Å². The van der Waals surface area contributed by atoms with Crippen LogP contribution in [0, 0.1) is 5.82 Å². The summed E-state index contributed by atoms with van der Waals surface area (Å²) in [4.78, 5) is 12.8. The Morgan fingerprint density at radius 1 is 0.941 bits per heavy atom. The van der Waals surface area contributed by atoms with Crippen LogP contribution in [-0.2, 0) is 11.3 Å². The molecule has 0 heterocycles. The highest BCUT2D eigenvalue weighted by Gasteiger charge is 2.20. The van der Waals surface area contributed by atoms with E-state index in [9.17, 15) is 23.1 Å². The zero-order chi connectivity index (χ0) is 24.2. The molecule has 6 nitrogen and oxygen atoms in total. The van der Waals surface area contributed by atoms with Crippen LogP contribution in [0.3, 0.4) is 0 Å². The largest absolute Gasteiger partial charge is 0.506 e. The van der Waals surface area contributed by atoms with Gasteiger partial charge in [-0.15, -0.1) is 0 Å². The van der Waals surface area contributed by atoms with E-state index in [1.54, 1.807) is 18.2 Å². The van der Waals surface area contributed by atoms with E-state index < -0.39 is 23.0 Å². The van der Waals surface area contributed by atoms with E-state index in [1.165, 1.54) is 30.3 Å². The fraction of sp³-hybridized carbons (Fsp3) is 0. The van der Waals surface area contributed by atoms with Crippen LogP contribution in [-0.4, -0.2) is 19.8 Å². The lowest BCUT2D eigenvalue weighted by Gasteiger charge is -2.22. The topological polar surface area (TPSA) is 89.9 Å². The molecule has 1 atom stereocenters. The van der Waals surface area contributed by atoms with Crippen molar-refractivity contribution < 1.29 is 23.1 Å². The molecule has 172 valence electrons. The molecule has 1 amide bonds. The van der Waals surface area contributed by atoms with Crippen LogP contribution >= 0.6 is 11.6 Å². The summed E-state index contributed by atoms with van der Waals surface area (Å²) in [5.41, 5.74) is 2.39. The van der Waals surface area contributed by atoms with Crippen LogP contribution in [0.15, 0.2) is 91.0 Å². The van der Waals surface area contributed by atoms with Gasteiger partial charge in [0.05, 0.1) is 5.69 Å². The number of nitrogens with one attached hydrogen (secondary N) is 1. The SMILES string of the molecule is O=C(Nc1ccc(O)c(N(c2ccc(F)cc2)S(=O)O)c1)c1ccc(-c2ccccc2)c(Cl)c1. The van der Waals surface area contributed by atoms with E-state index in [-0.39, 0.29) is 22.8 Å². The highest BCUT2D eigenvalue weighted by Crippen LogP contribution is 2.36. The van der Waals surface area contributed by atoms with Crippen LogP contribution < -0.4 is 9.62 Å². The number of aromatic hydroxyl groups is 1. The molecule has 0 bridgehead atoms. The molecule has 0 saturated carbocycles. The van der Waals surface area contributed by atoms with Gasteiger partial charge in [0.15, 0.2) is 0 Å². The van der Waals surface area contributed by atoms with Gasteiger partial charge in [0.1, 0.15) is 17.3 Å². The molecular weight excluding hydrogens is 479 g/mol. The van der Waals surface area contributed by atoms with Crippen molar-refractivity contribution in [3.05, 3.63) is 107 Å². The highest BCUT2D eigenvalue weighted by atomic mass is 35.5. The lowest BCUT2D eigenvalue weighted by molar-refractivity contribution is 0.102. The van der Waals surface area contributed by atoms with Crippen molar-refractivity contribution in [2.45, 2.75) is 0 Å². The molecule has 3 N–H and O–H groups in total. The Morgan fingerprint density at radius 2 is 1.65 bits per heavy atom. The summed E-state index contributed by atoms with van der Waals surface area (Å²) >= 11 is 3.82. The van der Waals surface area contributed by atoms with E-state index >= 15 is 0 Å². The number of hydrogen-bond donors (Lipinski definition) is 3. The molecular formula is C25H18ClFN2O4S. The standard InChI is InChI=1S/C25H18ClFN2O4S/c26-22-14-17(6-12-21(22)16-4-2-1-3-5-16)25(31)28-19-9-13-24(30)23(15-19)29(34(32)33)20-10-7-18(27)8-11-20/h1-15,30H,(H,28,31)(H,32,33). The second-order valence-electron chi connectivity index (χ2n) is 7.22. The summed E-state index contributed by atoms with van der Waals surface area (Å²) in [5.74, 6) is -1.29. The van der Waals surface area contributed by atoms with E-state index in [1.807, 2.05) is 30.3 Å². The monoisotopic (exact) mass is 496 g/mol. The number of nitrogens with zero attached hydrogens (tertiary/aromatic N) is 1. The zero-order valence-corrected chi connectivity index (χ0v) is 19.1. The Morgan fingerprint density at radius 3 is 2.29 bits per heavy atom. The number of phenols is 1. The van der Waals surface area contributed by atoms with Gasteiger partial charge in [0.2, 0.25) is 0 Å². The molecule has 0 spiro atoms. The van der Waals surface area contributed by atoms with Crippen LogP contribution in [0.2, 0.25) is 5.02 Å². The van der Waals surface area contributed by atoms with Gasteiger partial charge in [-0.1, -0.05) is 48.0 Å². The molecule has 0 aliphatic carbocycles. The highest BCUT2D eigenvalue weighted by molar-refractivity contribution is 7.81. The lowest BCUT2D eigenvalue weighted by Crippen LogP contribution is -2.20. The van der Waals surface area contributed by atoms with Crippen molar-refractivity contribution in [3.8, 4) is 16.9 Å². The Bertz CT molecular complexity index is 1370. The van der Waals surface area contributed by atoms with Crippen molar-refractivity contribution in [2.75, 3.05) is 9.62 Å². The van der Waals surface area contributed by atoms with Gasteiger partial charge >= 0.3 is 0 Å². The van der Waals surface area contributed by atoms with Crippen LogP contribution in [0.25, 0.3) is 11.1 Å². The fourth-order valence-corrected chi connectivity index (χ4v) is 4.27. The number of halogens is 2. The maximum Gasteiger partial charge on any atom is 0.266 e. The first-order valence-corrected chi connectivity index (χ1v) is 11.4. The Kier molecular flexibility index (Phi) is 6.93. The molecule has 4 aromatic rings. The molecule has 0 aliphatic heterocycles. The first-order valence-electron chi connectivity index (χ1n) is 9.99. The van der Waals surface area contributed by atoms with Gasteiger partial charge in [-0.3, -0.25) is 9.35 Å². The quantitative estimate of drug-likeness (QED) is 0.213. The lowest BCUT2D eigenvalue weighted by atomic mass is 10.0. The average Bonchev–Trinajstić information content (AvgIpc) is 2.82. The number of amides is 1. The molecule has 0 fully saturated rings. The number of benzene rings is 4. The normalized spacial score (nSPS) is 11.6. The van der Waals surface area contributed by atoms with E-state index in [4.69, 9.17) is 11.6 Å². The average molecular weight is 497 g/mol. The Balaban J connectivity index is 1.61. The number of phenolic OH excluding ortho intramolecular Hbond substituents is 1. The van der Waals surface area contributed by atoms with Gasteiger partial charge in [-0.2, -0.15) is 0 Å². The summed E-state index contributed by atoms with van der Waals surface area (Å²) in [6.07, 6.45) is 0. The number of rotatable bonds is 6. The van der Waals surface area contributed by atoms with Crippen molar-refractivity contribution in [2.24, 2.45) is 0 Å². The minimum Gasteiger partial charge on any atom is -0.506 e. The van der Waals surface area contributed by atoms with Crippen LogP contribution in [0.5, 0.6) is 5.75 Å². The third kappa shape index (κ3) is 5.09. The number of hydrogen-bond acceptors (Lipinski definition) is 3. The molecule has 4 aromatic carbocycles. The minimum atomic E-state index is -2.58. The second kappa shape index (κ2) is 10.0. The van der Waals surface area contributed by atoms with E-state index in [0.29, 0.717) is 10.6 Å². The molecule has 0 radical (unpaired) electrons. The first kappa shape index (κ1) is 23.4. The first-order chi connectivity index (χ1) is 16.3. The van der Waals surface area contributed by atoms with Crippen molar-refractivity contribution in [1.82, 2.24) is 0 Å². The predicted molar refractivity (Wildman–Crippen MR) is 132 cm³/mol. The Hall–Kier alpha value is -3.72. The number of carbonyl (C=O) groups is 1. The summed E-state index contributed by atoms with van der Waals surface area (Å²) in [6, 6.07) is 23.3. The second-order valence-corrected chi connectivity index (χ2v) is 8.45. The van der Waals surface area contributed by atoms with Gasteiger partial charge in [-0.25, -0.2) is 12.9 Å². The van der Waals surface area contributed by atoms with Crippen molar-refractivity contribution in [3.63, 3.8) is 0 Å². The molecule has 1 unspecified atom stereocenters. The summed E-state index contributed by atoms with van der Waals surface area (Å²) in [7, 11) is 0. The van der Waals surface area contributed by atoms with Crippen LogP contribution in [0.4, 0.5) is 21.5 Å². The molecule has 34 heavy (non-hydrogen) atoms. The predicted octanol–water partition coefficient (Wildman–Crippen LogP) is 6.38.